The number of pyridine rings is 1. The van der Waals surface area contributed by atoms with E-state index >= 15 is 0 Å². The molecule has 0 aliphatic heterocycles. The van der Waals surface area contributed by atoms with Crippen LogP contribution in [-0.4, -0.2) is 34.5 Å². The molecule has 0 atom stereocenters. The van der Waals surface area contributed by atoms with Crippen LogP contribution >= 0.6 is 0 Å². The molecule has 0 fully saturated rings. The van der Waals surface area contributed by atoms with Crippen LogP contribution < -0.4 is 10.2 Å². The molecule has 1 amide bonds. The number of hydrogen-bond acceptors (Lipinski definition) is 5. The zero-order chi connectivity index (χ0) is 14.4. The summed E-state index contributed by atoms with van der Waals surface area (Å²) in [7, 11) is 1.68. The minimum atomic E-state index is -0.215. The second-order valence-electron chi connectivity index (χ2n) is 4.29. The van der Waals surface area contributed by atoms with E-state index in [0.717, 1.165) is 13.0 Å². The first kappa shape index (κ1) is 13.9. The highest BCUT2D eigenvalue weighted by Gasteiger charge is 2.15. The molecule has 0 bridgehead atoms. The van der Waals surface area contributed by atoms with Gasteiger partial charge in [0.2, 0.25) is 0 Å². The molecule has 0 radical (unpaired) electrons. The molecule has 1 N–H and O–H groups in total. The molecule has 6 heteroatoms. The molecule has 0 spiro atoms. The van der Waals surface area contributed by atoms with Gasteiger partial charge in [-0.05, 0) is 18.6 Å². The van der Waals surface area contributed by atoms with Crippen molar-refractivity contribution in [3.8, 4) is 0 Å². The lowest BCUT2D eigenvalue weighted by Crippen LogP contribution is -2.27. The third kappa shape index (κ3) is 3.28. The molecule has 104 valence electrons. The lowest BCUT2D eigenvalue weighted by molar-refractivity contribution is 0.0988. The fraction of sp³-hybridized carbons (Fsp3) is 0.286. The number of hydrogen-bond donors (Lipinski definition) is 1. The maximum Gasteiger partial charge on any atom is 0.278 e. The van der Waals surface area contributed by atoms with Gasteiger partial charge in [0, 0.05) is 19.8 Å². The number of carbonyl (C=O) groups excluding carboxylic acids is 1. The molecule has 6 nitrogen and oxygen atoms in total. The Bertz CT molecular complexity index is 556. The normalized spacial score (nSPS) is 10.1. The van der Waals surface area contributed by atoms with E-state index < -0.39 is 0 Å². The Morgan fingerprint density at radius 2 is 2.15 bits per heavy atom. The summed E-state index contributed by atoms with van der Waals surface area (Å²) in [6.07, 6.45) is 7.34. The van der Waals surface area contributed by atoms with Crippen molar-refractivity contribution >= 4 is 17.4 Å². The lowest BCUT2D eigenvalue weighted by Gasteiger charge is -2.16. The van der Waals surface area contributed by atoms with Crippen LogP contribution in [0.15, 0.2) is 36.9 Å². The predicted molar refractivity (Wildman–Crippen MR) is 77.8 cm³/mol. The second-order valence-corrected chi connectivity index (χ2v) is 4.29. The second kappa shape index (κ2) is 6.60. The highest BCUT2D eigenvalue weighted by molar-refractivity contribution is 6.04. The Morgan fingerprint density at radius 3 is 2.75 bits per heavy atom. The van der Waals surface area contributed by atoms with Gasteiger partial charge >= 0.3 is 0 Å². The van der Waals surface area contributed by atoms with Gasteiger partial charge in [-0.2, -0.15) is 0 Å². The van der Waals surface area contributed by atoms with Crippen molar-refractivity contribution in [1.29, 1.82) is 0 Å². The SMILES string of the molecule is CCCNc1cnc(C(=O)N(C)c2cccnc2)cn1. The van der Waals surface area contributed by atoms with Crippen LogP contribution in [0.4, 0.5) is 11.5 Å². The van der Waals surface area contributed by atoms with Crippen molar-refractivity contribution in [2.45, 2.75) is 13.3 Å². The smallest absolute Gasteiger partial charge is 0.278 e. The third-order valence-corrected chi connectivity index (χ3v) is 2.76. The molecule has 2 aromatic rings. The van der Waals surface area contributed by atoms with Crippen LogP contribution in [0.2, 0.25) is 0 Å². The Kier molecular flexibility index (Phi) is 4.60. The zero-order valence-electron chi connectivity index (χ0n) is 11.6. The summed E-state index contributed by atoms with van der Waals surface area (Å²) in [4.78, 5) is 26.0. The van der Waals surface area contributed by atoms with Crippen LogP contribution in [-0.2, 0) is 0 Å². The number of anilines is 2. The molecule has 0 aliphatic carbocycles. The highest BCUT2D eigenvalue weighted by atomic mass is 16.2. The molecule has 0 saturated heterocycles. The molecule has 0 unspecified atom stereocenters. The minimum absolute atomic E-state index is 0.215. The van der Waals surface area contributed by atoms with Crippen molar-refractivity contribution in [3.05, 3.63) is 42.6 Å². The molecule has 0 aliphatic rings. The zero-order valence-corrected chi connectivity index (χ0v) is 11.6. The third-order valence-electron chi connectivity index (χ3n) is 2.76. The van der Waals surface area contributed by atoms with Gasteiger partial charge in [-0.1, -0.05) is 6.92 Å². The van der Waals surface area contributed by atoms with E-state index in [2.05, 4.69) is 27.2 Å². The van der Waals surface area contributed by atoms with Gasteiger partial charge in [0.1, 0.15) is 11.5 Å². The van der Waals surface area contributed by atoms with E-state index in [9.17, 15) is 4.79 Å². The summed E-state index contributed by atoms with van der Waals surface area (Å²) < 4.78 is 0. The number of rotatable bonds is 5. The fourth-order valence-electron chi connectivity index (χ4n) is 1.62. The Morgan fingerprint density at radius 1 is 1.30 bits per heavy atom. The number of carbonyl (C=O) groups is 1. The summed E-state index contributed by atoms with van der Waals surface area (Å²) in [5.74, 6) is 0.458. The van der Waals surface area contributed by atoms with E-state index in [1.54, 1.807) is 31.7 Å². The molecule has 0 saturated carbocycles. The molecule has 20 heavy (non-hydrogen) atoms. The Hall–Kier alpha value is -2.50. The standard InChI is InChI=1S/C14H17N5O/c1-3-6-16-13-10-17-12(9-18-13)14(20)19(2)11-5-4-7-15-8-11/h4-5,7-10H,3,6H2,1-2H3,(H,16,18). The van der Waals surface area contributed by atoms with Crippen molar-refractivity contribution in [2.75, 3.05) is 23.8 Å². The Labute approximate surface area is 117 Å². The van der Waals surface area contributed by atoms with Gasteiger partial charge in [-0.3, -0.25) is 9.78 Å². The summed E-state index contributed by atoms with van der Waals surface area (Å²) >= 11 is 0. The molecular weight excluding hydrogens is 254 g/mol. The van der Waals surface area contributed by atoms with Crippen LogP contribution in [0.25, 0.3) is 0 Å². The van der Waals surface area contributed by atoms with E-state index in [-0.39, 0.29) is 5.91 Å². The van der Waals surface area contributed by atoms with Crippen molar-refractivity contribution in [2.24, 2.45) is 0 Å². The molecular formula is C14H17N5O. The van der Waals surface area contributed by atoms with Crippen molar-refractivity contribution in [3.63, 3.8) is 0 Å². The van der Waals surface area contributed by atoms with Crippen LogP contribution in [0.3, 0.4) is 0 Å². The number of aromatic nitrogens is 3. The first-order valence-electron chi connectivity index (χ1n) is 6.46. The average molecular weight is 271 g/mol. The van der Waals surface area contributed by atoms with E-state index in [1.165, 1.54) is 11.1 Å². The Balaban J connectivity index is 2.09. The van der Waals surface area contributed by atoms with Gasteiger partial charge < -0.3 is 10.2 Å². The number of nitrogens with one attached hydrogen (secondary N) is 1. The first-order valence-corrected chi connectivity index (χ1v) is 6.46. The largest absolute Gasteiger partial charge is 0.369 e. The number of nitrogens with zero attached hydrogens (tertiary/aromatic N) is 4. The lowest BCUT2D eigenvalue weighted by atomic mass is 10.3. The number of amides is 1. The molecule has 2 rings (SSSR count). The predicted octanol–water partition coefficient (Wildman–Crippen LogP) is 1.97. The van der Waals surface area contributed by atoms with Crippen LogP contribution in [0.1, 0.15) is 23.8 Å². The first-order chi connectivity index (χ1) is 9.72. The van der Waals surface area contributed by atoms with Crippen molar-refractivity contribution in [1.82, 2.24) is 15.0 Å². The molecule has 2 heterocycles. The molecule has 0 aromatic carbocycles. The minimum Gasteiger partial charge on any atom is -0.369 e. The maximum absolute atomic E-state index is 12.2. The topological polar surface area (TPSA) is 71.0 Å². The molecule has 2 aromatic heterocycles. The van der Waals surface area contributed by atoms with E-state index in [0.29, 0.717) is 17.2 Å². The quantitative estimate of drug-likeness (QED) is 0.900. The van der Waals surface area contributed by atoms with Gasteiger partial charge in [-0.25, -0.2) is 9.97 Å². The summed E-state index contributed by atoms with van der Waals surface area (Å²) in [6, 6.07) is 3.60. The van der Waals surface area contributed by atoms with Gasteiger partial charge in [0.15, 0.2) is 0 Å². The van der Waals surface area contributed by atoms with Crippen molar-refractivity contribution < 1.29 is 4.79 Å². The summed E-state index contributed by atoms with van der Waals surface area (Å²) in [5.41, 5.74) is 1.02. The van der Waals surface area contributed by atoms with Gasteiger partial charge in [-0.15, -0.1) is 0 Å². The monoisotopic (exact) mass is 271 g/mol. The maximum atomic E-state index is 12.2. The average Bonchev–Trinajstić information content (AvgIpc) is 2.53. The van der Waals surface area contributed by atoms with Gasteiger partial charge in [0.25, 0.3) is 5.91 Å². The van der Waals surface area contributed by atoms with Gasteiger partial charge in [0.05, 0.1) is 24.3 Å². The highest BCUT2D eigenvalue weighted by Crippen LogP contribution is 2.12. The fourth-order valence-corrected chi connectivity index (χ4v) is 1.62. The van der Waals surface area contributed by atoms with Crippen LogP contribution in [0.5, 0.6) is 0 Å². The van der Waals surface area contributed by atoms with Crippen LogP contribution in [0, 0.1) is 0 Å². The summed E-state index contributed by atoms with van der Waals surface area (Å²) in [5, 5.41) is 3.11. The van der Waals surface area contributed by atoms with E-state index in [4.69, 9.17) is 0 Å². The summed E-state index contributed by atoms with van der Waals surface area (Å²) in [6.45, 7) is 2.90. The van der Waals surface area contributed by atoms with E-state index in [1.807, 2.05) is 6.07 Å².